The predicted octanol–water partition coefficient (Wildman–Crippen LogP) is 2.20. The molecule has 0 atom stereocenters. The van der Waals surface area contributed by atoms with Crippen molar-refractivity contribution in [3.63, 3.8) is 0 Å². The average Bonchev–Trinajstić information content (AvgIpc) is 2.15. The fourth-order valence-electron chi connectivity index (χ4n) is 1.33. The van der Waals surface area contributed by atoms with E-state index in [1.54, 1.807) is 0 Å². The zero-order valence-electron chi connectivity index (χ0n) is 8.52. The van der Waals surface area contributed by atoms with E-state index in [0.29, 0.717) is 0 Å². The minimum atomic E-state index is -3.20. The highest BCUT2D eigenvalue weighted by Crippen LogP contribution is 2.30. The SMILES string of the molecule is Cc1c([N+](=O)[O-])ccc(OC(F)F)c1C(=O)O. The van der Waals surface area contributed by atoms with E-state index in [9.17, 15) is 23.7 Å². The molecular formula is C9H7F2NO5. The summed E-state index contributed by atoms with van der Waals surface area (Å²) in [4.78, 5) is 20.6. The molecule has 0 saturated heterocycles. The molecule has 0 spiro atoms. The van der Waals surface area contributed by atoms with Crippen LogP contribution in [0.4, 0.5) is 14.5 Å². The number of hydrogen-bond acceptors (Lipinski definition) is 4. The van der Waals surface area contributed by atoms with E-state index in [0.717, 1.165) is 19.1 Å². The van der Waals surface area contributed by atoms with Crippen LogP contribution in [0, 0.1) is 17.0 Å². The molecule has 0 bridgehead atoms. The molecule has 0 amide bonds. The second kappa shape index (κ2) is 4.73. The van der Waals surface area contributed by atoms with Crippen LogP contribution in [-0.4, -0.2) is 22.6 Å². The number of nitro benzene ring substituents is 1. The third-order valence-electron chi connectivity index (χ3n) is 2.02. The first-order chi connectivity index (χ1) is 7.84. The normalized spacial score (nSPS) is 10.4. The van der Waals surface area contributed by atoms with Gasteiger partial charge in [0.2, 0.25) is 0 Å². The molecule has 1 aromatic carbocycles. The smallest absolute Gasteiger partial charge is 0.387 e. The van der Waals surface area contributed by atoms with Crippen molar-refractivity contribution >= 4 is 11.7 Å². The zero-order valence-corrected chi connectivity index (χ0v) is 8.52. The molecule has 0 unspecified atom stereocenters. The molecule has 1 N–H and O–H groups in total. The highest BCUT2D eigenvalue weighted by atomic mass is 19.3. The lowest BCUT2D eigenvalue weighted by Crippen LogP contribution is -2.10. The van der Waals surface area contributed by atoms with Gasteiger partial charge >= 0.3 is 12.6 Å². The Morgan fingerprint density at radius 3 is 2.53 bits per heavy atom. The first-order valence-electron chi connectivity index (χ1n) is 4.30. The highest BCUT2D eigenvalue weighted by molar-refractivity contribution is 5.93. The number of benzene rings is 1. The first-order valence-corrected chi connectivity index (χ1v) is 4.30. The molecule has 0 aliphatic carbocycles. The number of nitrogens with zero attached hydrogens (tertiary/aromatic N) is 1. The fraction of sp³-hybridized carbons (Fsp3) is 0.222. The van der Waals surface area contributed by atoms with Crippen LogP contribution in [-0.2, 0) is 0 Å². The molecule has 1 aromatic rings. The van der Waals surface area contributed by atoms with Crippen LogP contribution in [0.5, 0.6) is 5.75 Å². The maximum Gasteiger partial charge on any atom is 0.387 e. The van der Waals surface area contributed by atoms with Gasteiger partial charge in [-0.2, -0.15) is 8.78 Å². The van der Waals surface area contributed by atoms with E-state index in [1.807, 2.05) is 0 Å². The summed E-state index contributed by atoms with van der Waals surface area (Å²) < 4.78 is 28.0. The van der Waals surface area contributed by atoms with Gasteiger partial charge in [0.1, 0.15) is 11.3 Å². The Labute approximate surface area is 93.6 Å². The first kappa shape index (κ1) is 12.8. The van der Waals surface area contributed by atoms with Gasteiger partial charge in [-0.15, -0.1) is 0 Å². The Morgan fingerprint density at radius 1 is 1.53 bits per heavy atom. The van der Waals surface area contributed by atoms with Crippen molar-refractivity contribution in [2.75, 3.05) is 0 Å². The molecule has 17 heavy (non-hydrogen) atoms. The Kier molecular flexibility index (Phi) is 3.56. The lowest BCUT2D eigenvalue weighted by atomic mass is 10.1. The molecular weight excluding hydrogens is 240 g/mol. The molecule has 0 fully saturated rings. The summed E-state index contributed by atoms with van der Waals surface area (Å²) in [5.74, 6) is -2.17. The zero-order chi connectivity index (χ0) is 13.2. The number of nitro groups is 1. The van der Waals surface area contributed by atoms with Crippen LogP contribution in [0.2, 0.25) is 0 Å². The van der Waals surface area contributed by atoms with E-state index in [2.05, 4.69) is 4.74 Å². The molecule has 92 valence electrons. The van der Waals surface area contributed by atoms with Gasteiger partial charge in [-0.25, -0.2) is 4.79 Å². The summed E-state index contributed by atoms with van der Waals surface area (Å²) >= 11 is 0. The van der Waals surface area contributed by atoms with Gasteiger partial charge in [-0.1, -0.05) is 0 Å². The number of hydrogen-bond donors (Lipinski definition) is 1. The Hall–Kier alpha value is -2.25. The Bertz CT molecular complexity index is 475. The topological polar surface area (TPSA) is 89.7 Å². The molecule has 0 aromatic heterocycles. The highest BCUT2D eigenvalue weighted by Gasteiger charge is 2.24. The largest absolute Gasteiger partial charge is 0.478 e. The van der Waals surface area contributed by atoms with Gasteiger partial charge < -0.3 is 9.84 Å². The molecule has 0 aliphatic rings. The van der Waals surface area contributed by atoms with Gasteiger partial charge in [-0.05, 0) is 13.0 Å². The second-order valence-corrected chi connectivity index (χ2v) is 3.02. The number of alkyl halides is 2. The number of carboxylic acid groups (broad SMARTS) is 1. The van der Waals surface area contributed by atoms with Crippen LogP contribution in [0.1, 0.15) is 15.9 Å². The van der Waals surface area contributed by atoms with Crippen LogP contribution in [0.3, 0.4) is 0 Å². The summed E-state index contributed by atoms with van der Waals surface area (Å²) in [5.41, 5.74) is -1.34. The number of carbonyl (C=O) groups is 1. The number of carboxylic acids is 1. The number of ether oxygens (including phenoxy) is 1. The van der Waals surface area contributed by atoms with Crippen molar-refractivity contribution in [2.24, 2.45) is 0 Å². The van der Waals surface area contributed by atoms with Crippen molar-refractivity contribution in [3.05, 3.63) is 33.4 Å². The van der Waals surface area contributed by atoms with Crippen molar-refractivity contribution in [1.29, 1.82) is 0 Å². The maximum absolute atomic E-state index is 12.0. The number of halogens is 2. The van der Waals surface area contributed by atoms with Crippen LogP contribution in [0.15, 0.2) is 12.1 Å². The molecule has 6 nitrogen and oxygen atoms in total. The number of aromatic carboxylic acids is 1. The van der Waals surface area contributed by atoms with E-state index < -0.39 is 34.5 Å². The molecule has 1 rings (SSSR count). The van der Waals surface area contributed by atoms with Gasteiger partial charge in [0, 0.05) is 11.6 Å². The third kappa shape index (κ3) is 2.65. The van der Waals surface area contributed by atoms with E-state index >= 15 is 0 Å². The Balaban J connectivity index is 3.39. The summed E-state index contributed by atoms with van der Waals surface area (Å²) in [6, 6.07) is 1.75. The summed E-state index contributed by atoms with van der Waals surface area (Å²) in [7, 11) is 0. The van der Waals surface area contributed by atoms with E-state index in [4.69, 9.17) is 5.11 Å². The molecule has 0 saturated carbocycles. The van der Waals surface area contributed by atoms with Crippen molar-refractivity contribution in [2.45, 2.75) is 13.5 Å². The van der Waals surface area contributed by atoms with E-state index in [-0.39, 0.29) is 5.56 Å². The maximum atomic E-state index is 12.0. The van der Waals surface area contributed by atoms with E-state index in [1.165, 1.54) is 0 Å². The molecule has 0 aliphatic heterocycles. The van der Waals surface area contributed by atoms with Crippen LogP contribution < -0.4 is 4.74 Å². The fourth-order valence-corrected chi connectivity index (χ4v) is 1.33. The van der Waals surface area contributed by atoms with Gasteiger partial charge in [-0.3, -0.25) is 10.1 Å². The lowest BCUT2D eigenvalue weighted by molar-refractivity contribution is -0.385. The van der Waals surface area contributed by atoms with Crippen molar-refractivity contribution in [1.82, 2.24) is 0 Å². The van der Waals surface area contributed by atoms with Crippen molar-refractivity contribution in [3.8, 4) is 5.75 Å². The standard InChI is InChI=1S/C9H7F2NO5/c1-4-5(12(15)16)2-3-6(17-9(10)11)7(4)8(13)14/h2-3,9H,1H3,(H,13,14). The number of rotatable bonds is 4. The lowest BCUT2D eigenvalue weighted by Gasteiger charge is -2.10. The summed E-state index contributed by atoms with van der Waals surface area (Å²) in [5, 5.41) is 19.4. The second-order valence-electron chi connectivity index (χ2n) is 3.02. The predicted molar refractivity (Wildman–Crippen MR) is 51.4 cm³/mol. The van der Waals surface area contributed by atoms with Crippen LogP contribution >= 0.6 is 0 Å². The molecule has 0 heterocycles. The summed E-state index contributed by atoms with van der Waals surface area (Å²) in [6.07, 6.45) is 0. The molecule has 8 heteroatoms. The third-order valence-corrected chi connectivity index (χ3v) is 2.02. The van der Waals surface area contributed by atoms with Crippen molar-refractivity contribution < 1.29 is 28.3 Å². The van der Waals surface area contributed by atoms with Crippen LogP contribution in [0.25, 0.3) is 0 Å². The van der Waals surface area contributed by atoms with Gasteiger partial charge in [0.25, 0.3) is 5.69 Å². The summed E-state index contributed by atoms with van der Waals surface area (Å²) in [6.45, 7) is -2.05. The van der Waals surface area contributed by atoms with Gasteiger partial charge in [0.15, 0.2) is 0 Å². The minimum Gasteiger partial charge on any atom is -0.478 e. The monoisotopic (exact) mass is 247 g/mol. The molecule has 0 radical (unpaired) electrons. The minimum absolute atomic E-state index is 0.236. The Morgan fingerprint density at radius 2 is 2.12 bits per heavy atom. The van der Waals surface area contributed by atoms with Gasteiger partial charge in [0.05, 0.1) is 4.92 Å². The average molecular weight is 247 g/mol. The quantitative estimate of drug-likeness (QED) is 0.650.